The van der Waals surface area contributed by atoms with E-state index in [1.54, 1.807) is 4.31 Å². The van der Waals surface area contributed by atoms with Crippen molar-refractivity contribution in [3.05, 3.63) is 0 Å². The summed E-state index contributed by atoms with van der Waals surface area (Å²) in [5.41, 5.74) is 0. The van der Waals surface area contributed by atoms with Crippen molar-refractivity contribution < 1.29 is 78.5 Å². The first-order valence-electron chi connectivity index (χ1n) is 60.7. The Morgan fingerprint density at radius 3 is 0.847 bits per heavy atom. The Labute approximate surface area is 925 Å². The Kier molecular flexibility index (Phi) is 91.6. The van der Waals surface area contributed by atoms with Gasteiger partial charge < -0.3 is 106 Å². The minimum atomic E-state index is -3.11. The zero-order chi connectivity index (χ0) is 112. The molecule has 9 aliphatic heterocycles. The normalized spacial score (nSPS) is 19.6. The minimum absolute atomic E-state index is 0.121. The Morgan fingerprint density at radius 2 is 0.533 bits per heavy atom. The maximum absolute atomic E-state index is 12.0. The number of carbonyl (C=O) groups is 1. The molecule has 0 aromatic carbocycles. The summed E-state index contributed by atoms with van der Waals surface area (Å²) in [4.78, 5) is 41.0. The van der Waals surface area contributed by atoms with Gasteiger partial charge in [0.25, 0.3) is 0 Å². The monoisotopic (exact) mass is 2180 g/mol. The van der Waals surface area contributed by atoms with Crippen LogP contribution >= 0.6 is 0 Å². The number of likely N-dealkylation sites (N-methyl/N-ethyl adjacent to an activating group) is 3. The number of piperidine rings is 1. The molecule has 1 N–H and O–H groups in total. The first kappa shape index (κ1) is 146. The Hall–Kier alpha value is -1.67. The molecule has 9 saturated heterocycles. The van der Waals surface area contributed by atoms with E-state index in [1.165, 1.54) is 238 Å². The number of hydrogen-bond acceptors (Lipinski definition) is 29. The van der Waals surface area contributed by atoms with E-state index in [0.717, 1.165) is 176 Å². The molecule has 0 aromatic rings. The van der Waals surface area contributed by atoms with Gasteiger partial charge in [0, 0.05) is 301 Å². The molecule has 0 radical (unpaired) electrons. The maximum Gasteiger partial charge on any atom is 0.225 e. The molecule has 0 aromatic heterocycles. The van der Waals surface area contributed by atoms with E-state index < -0.39 is 20.0 Å². The third-order valence-corrected chi connectivity index (χ3v) is 32.0. The fraction of sp³-hybridized carbons (Fsp3) is 0.991. The summed E-state index contributed by atoms with van der Waals surface area (Å²) < 4.78 is 116. The van der Waals surface area contributed by atoms with E-state index in [0.29, 0.717) is 120 Å². The van der Waals surface area contributed by atoms with Crippen LogP contribution in [0, 0.1) is 17.8 Å². The van der Waals surface area contributed by atoms with Crippen molar-refractivity contribution in [2.75, 3.05) is 367 Å². The molecule has 0 atom stereocenters. The first-order chi connectivity index (χ1) is 71.5. The molecule has 898 valence electrons. The molecule has 0 spiro atoms. The molecule has 0 unspecified atom stereocenters. The number of rotatable bonds is 56. The Balaban J connectivity index is 0.000000835. The number of amides is 1. The van der Waals surface area contributed by atoms with E-state index in [-0.39, 0.29) is 35.5 Å². The van der Waals surface area contributed by atoms with Gasteiger partial charge in [0.05, 0.1) is 99.0 Å². The lowest BCUT2D eigenvalue weighted by Gasteiger charge is -2.36. The molecule has 1 aliphatic carbocycles. The van der Waals surface area contributed by atoms with Crippen LogP contribution in [-0.2, 0) is 81.7 Å². The molecule has 150 heavy (non-hydrogen) atoms. The highest BCUT2D eigenvalue weighted by atomic mass is 32.2. The SMILES string of the molecule is CC(C)OCCCC1CCCCC1.CC(C)OCCCN1CCN(C(=O)C(C)C)CC1.CC(C)OCCCN1CCN(C(C)C)CC1.CC(C)OCCCN1CCN(C)CC1.CC(C)OCCCN1CCNCC1.CC(C)OCCCN1CCOCC1.CC(C)OCCCS(=O)(=O)N1CCN(C)CC1.CC(C)OCCCS(=O)(=O)N1CCOCC1.CCN1CCC(CCCOC(C)C)CC1.CCN1CCN(CCCOC(C)C)CC1. The zero-order valence-corrected chi connectivity index (χ0v) is 104. The van der Waals surface area contributed by atoms with Gasteiger partial charge in [-0.1, -0.05) is 59.8 Å². The van der Waals surface area contributed by atoms with Crippen LogP contribution in [0.4, 0.5) is 0 Å². The van der Waals surface area contributed by atoms with Crippen LogP contribution in [0.15, 0.2) is 0 Å². The summed E-state index contributed by atoms with van der Waals surface area (Å²) in [5.74, 6) is 2.75. The van der Waals surface area contributed by atoms with E-state index >= 15 is 0 Å². The van der Waals surface area contributed by atoms with Crippen molar-refractivity contribution in [3.63, 3.8) is 0 Å². The number of carbonyl (C=O) groups excluding carboxylic acids is 1. The second kappa shape index (κ2) is 93.9. The predicted octanol–water partition coefficient (Wildman–Crippen LogP) is 15.3. The van der Waals surface area contributed by atoms with E-state index in [2.05, 4.69) is 205 Å². The van der Waals surface area contributed by atoms with Crippen LogP contribution in [0.25, 0.3) is 0 Å². The number of nitrogens with one attached hydrogen (secondary N) is 1. The lowest BCUT2D eigenvalue weighted by molar-refractivity contribution is -0.136. The van der Waals surface area contributed by atoms with Crippen molar-refractivity contribution >= 4 is 26.0 Å². The minimum Gasteiger partial charge on any atom is -0.379 e. The van der Waals surface area contributed by atoms with Gasteiger partial charge in [-0.15, -0.1) is 0 Å². The molecule has 10 aliphatic rings. The average Bonchev–Trinajstić information content (AvgIpc) is 0.849. The molecule has 10 fully saturated rings. The number of hydrogen-bond donors (Lipinski definition) is 1. The van der Waals surface area contributed by atoms with E-state index in [1.807, 2.05) is 53.5 Å². The van der Waals surface area contributed by atoms with Crippen molar-refractivity contribution in [2.24, 2.45) is 17.8 Å². The highest BCUT2D eigenvalue weighted by Crippen LogP contribution is 2.28. The van der Waals surface area contributed by atoms with Crippen molar-refractivity contribution in [2.45, 2.75) is 369 Å². The van der Waals surface area contributed by atoms with Crippen LogP contribution < -0.4 is 5.32 Å². The number of ether oxygens (including phenoxy) is 12. The van der Waals surface area contributed by atoms with Crippen LogP contribution in [-0.4, -0.2) is 524 Å². The Morgan fingerprint density at radius 1 is 0.280 bits per heavy atom. The van der Waals surface area contributed by atoms with Crippen LogP contribution in [0.3, 0.4) is 0 Å². The second-order valence-corrected chi connectivity index (χ2v) is 50.0. The molecule has 34 heteroatoms. The van der Waals surface area contributed by atoms with Gasteiger partial charge >= 0.3 is 0 Å². The van der Waals surface area contributed by atoms with Crippen molar-refractivity contribution in [1.29, 1.82) is 0 Å². The number of likely N-dealkylation sites (tertiary alicyclic amines) is 1. The van der Waals surface area contributed by atoms with Gasteiger partial charge in [0.1, 0.15) is 0 Å². The summed E-state index contributed by atoms with van der Waals surface area (Å²) in [6.45, 7) is 107. The molecule has 9 heterocycles. The number of nitrogens with zero attached hydrogens (tertiary/aromatic N) is 14. The van der Waals surface area contributed by atoms with Crippen LogP contribution in [0.1, 0.15) is 302 Å². The Bertz CT molecular complexity index is 3070. The predicted molar refractivity (Wildman–Crippen MR) is 627 cm³/mol. The van der Waals surface area contributed by atoms with E-state index in [4.69, 9.17) is 56.8 Å². The van der Waals surface area contributed by atoms with Gasteiger partial charge in [-0.25, -0.2) is 16.8 Å². The smallest absolute Gasteiger partial charge is 0.225 e. The summed E-state index contributed by atoms with van der Waals surface area (Å²) in [6, 6.07) is 0.700. The van der Waals surface area contributed by atoms with Crippen LogP contribution in [0.2, 0.25) is 0 Å². The largest absolute Gasteiger partial charge is 0.379 e. The molecule has 1 saturated carbocycles. The third kappa shape index (κ3) is 85.3. The topological polar surface area (TPSA) is 254 Å². The first-order valence-corrected chi connectivity index (χ1v) is 63.9. The average molecular weight is 2190 g/mol. The van der Waals surface area contributed by atoms with Gasteiger partial charge in [0.15, 0.2) is 0 Å². The van der Waals surface area contributed by atoms with Gasteiger partial charge in [-0.3, -0.25) is 19.5 Å². The fourth-order valence-corrected chi connectivity index (χ4v) is 21.5. The highest BCUT2D eigenvalue weighted by molar-refractivity contribution is 7.89. The molecule has 10 rings (SSSR count). The fourth-order valence-electron chi connectivity index (χ4n) is 18.6. The van der Waals surface area contributed by atoms with E-state index in [9.17, 15) is 21.6 Å². The summed E-state index contributed by atoms with van der Waals surface area (Å²) in [5, 5.41) is 3.35. The molecule has 1 amide bonds. The maximum atomic E-state index is 12.0. The standard InChI is InChI=1S/C14H28N2O2.C13H28N2O.C13H27NO.C12H26N2O.C12H24O.C11H24N2O3S.C11H24N2O.C10H22N2O.C10H21NO4S.C10H21NO2/c1-12(2)14(17)16-9-7-15(8-10-16)6-5-11-18-13(3)4;1-12(2)15-9-7-14(8-10-15)6-5-11-16-13(3)4;1-4-14-9-7-13(8-10-14)6-5-11-15-12(2)3;1-4-13-7-9-14(10-8-13)6-5-11-15-12(2)3;1-11(2)13-10-6-9-12-7-4-3-5-8-12;1-11(2)16-9-4-10-17(14,15)13-7-5-12(3)6-8-13;1-11(2)14-10-4-5-13-8-6-12(3)7-9-13;1-10(2)13-9-3-6-12-7-4-11-5-8-12;1-10(2)15-6-3-9-16(12,13)11-4-7-14-8-5-11;1-10(2)13-7-3-4-11-5-8-12-9-6-11/h12-13H,5-11H2,1-4H3;12-13H,5-11H2,1-4H3;12-13H,4-11H2,1-3H3;12H,4-11H2,1-3H3;11-12H,3-10H2,1-2H3;11H,4-10H2,1-3H3;11H,4-10H2,1-3H3;10-11H,3-9H2,1-2H3;10H,3-9H2,1-2H3;10H,3-9H2,1-2H3. The summed E-state index contributed by atoms with van der Waals surface area (Å²) in [6.07, 6.45) is 26.8. The molecular formula is C116H245N15O17S2. The molecule has 32 nitrogen and oxygen atoms in total. The third-order valence-electron chi connectivity index (χ3n) is 28.1. The summed E-state index contributed by atoms with van der Waals surface area (Å²) in [7, 11) is -1.98. The van der Waals surface area contributed by atoms with Gasteiger partial charge in [0.2, 0.25) is 26.0 Å². The van der Waals surface area contributed by atoms with Gasteiger partial charge in [-0.05, 0) is 294 Å². The van der Waals surface area contributed by atoms with Gasteiger partial charge in [-0.2, -0.15) is 8.61 Å². The lowest BCUT2D eigenvalue weighted by atomic mass is 9.86. The van der Waals surface area contributed by atoms with Crippen molar-refractivity contribution in [1.82, 2.24) is 72.7 Å². The molecular weight excluding hydrogens is 1940 g/mol. The highest BCUT2D eigenvalue weighted by Gasteiger charge is 2.29. The zero-order valence-electron chi connectivity index (χ0n) is 103. The molecule has 0 bridgehead atoms. The number of morpholine rings is 2. The lowest BCUT2D eigenvalue weighted by Crippen LogP contribution is -2.50. The quantitative estimate of drug-likeness (QED) is 0.0555. The van der Waals surface area contributed by atoms with Crippen LogP contribution in [0.5, 0.6) is 0 Å². The number of sulfonamides is 2. The summed E-state index contributed by atoms with van der Waals surface area (Å²) >= 11 is 0. The second-order valence-electron chi connectivity index (χ2n) is 45.8. The number of piperazine rings is 6. The van der Waals surface area contributed by atoms with Crippen molar-refractivity contribution in [3.8, 4) is 0 Å².